The quantitative estimate of drug-likeness (QED) is 0.709. The summed E-state index contributed by atoms with van der Waals surface area (Å²) < 4.78 is 35.6. The molecule has 1 nitrogen and oxygen atoms in total. The number of alkyl halides is 3. The van der Waals surface area contributed by atoms with E-state index < -0.39 is 12.7 Å². The van der Waals surface area contributed by atoms with Crippen LogP contribution in [0.1, 0.15) is 5.56 Å². The number of nitrogens with zero attached hydrogens (tertiary/aromatic N) is 1. The van der Waals surface area contributed by atoms with Gasteiger partial charge >= 0.3 is 6.18 Å². The van der Waals surface area contributed by atoms with Crippen LogP contribution in [0.15, 0.2) is 23.2 Å². The standard InChI is InChI=1S/C9H5Cl3F3N/c10-6-2-1-5(3-7(6)11)8(12)16-4-9(13,14)15/h1-3H,4H2. The van der Waals surface area contributed by atoms with Crippen molar-refractivity contribution in [2.75, 3.05) is 6.54 Å². The molecule has 7 heteroatoms. The van der Waals surface area contributed by atoms with E-state index in [-0.39, 0.29) is 10.2 Å². The molecule has 1 rings (SSSR count). The van der Waals surface area contributed by atoms with Crippen molar-refractivity contribution in [2.45, 2.75) is 6.18 Å². The molecular weight excluding hydrogens is 285 g/mol. The number of halogens is 6. The first kappa shape index (κ1) is 13.6. The van der Waals surface area contributed by atoms with Crippen molar-refractivity contribution in [1.29, 1.82) is 0 Å². The molecule has 0 aliphatic heterocycles. The van der Waals surface area contributed by atoms with Gasteiger partial charge in [-0.2, -0.15) is 13.2 Å². The molecule has 0 atom stereocenters. The topological polar surface area (TPSA) is 12.4 Å². The lowest BCUT2D eigenvalue weighted by Crippen LogP contribution is -2.13. The Hall–Kier alpha value is -0.450. The van der Waals surface area contributed by atoms with Gasteiger partial charge in [0.2, 0.25) is 0 Å². The van der Waals surface area contributed by atoms with Gasteiger partial charge in [-0.1, -0.05) is 40.9 Å². The highest BCUT2D eigenvalue weighted by Gasteiger charge is 2.26. The first-order chi connectivity index (χ1) is 7.29. The molecule has 0 saturated heterocycles. The van der Waals surface area contributed by atoms with E-state index in [0.717, 1.165) is 0 Å². The third-order valence-electron chi connectivity index (χ3n) is 1.55. The highest BCUT2D eigenvalue weighted by atomic mass is 35.5. The van der Waals surface area contributed by atoms with E-state index in [1.165, 1.54) is 18.2 Å². The maximum atomic E-state index is 11.9. The van der Waals surface area contributed by atoms with Gasteiger partial charge in [0, 0.05) is 5.56 Å². The monoisotopic (exact) mass is 289 g/mol. The minimum Gasteiger partial charge on any atom is -0.263 e. The molecule has 0 aliphatic carbocycles. The first-order valence-corrected chi connectivity index (χ1v) is 5.15. The van der Waals surface area contributed by atoms with E-state index in [4.69, 9.17) is 34.8 Å². The lowest BCUT2D eigenvalue weighted by molar-refractivity contribution is -0.118. The second-order valence-electron chi connectivity index (χ2n) is 2.85. The van der Waals surface area contributed by atoms with Gasteiger partial charge in [-0.25, -0.2) is 0 Å². The van der Waals surface area contributed by atoms with Crippen LogP contribution in [-0.2, 0) is 0 Å². The van der Waals surface area contributed by atoms with E-state index >= 15 is 0 Å². The van der Waals surface area contributed by atoms with Crippen molar-refractivity contribution in [1.82, 2.24) is 0 Å². The number of hydrogen-bond donors (Lipinski definition) is 0. The molecule has 0 amide bonds. The molecule has 0 N–H and O–H groups in total. The second-order valence-corrected chi connectivity index (χ2v) is 4.02. The van der Waals surface area contributed by atoms with Gasteiger partial charge in [-0.05, 0) is 12.1 Å². The van der Waals surface area contributed by atoms with Crippen LogP contribution in [-0.4, -0.2) is 17.9 Å². The van der Waals surface area contributed by atoms with Gasteiger partial charge in [0.25, 0.3) is 0 Å². The van der Waals surface area contributed by atoms with Crippen LogP contribution in [0, 0.1) is 0 Å². The largest absolute Gasteiger partial charge is 0.408 e. The van der Waals surface area contributed by atoms with Gasteiger partial charge in [-0.3, -0.25) is 4.99 Å². The lowest BCUT2D eigenvalue weighted by atomic mass is 10.2. The van der Waals surface area contributed by atoms with E-state index in [2.05, 4.69) is 4.99 Å². The summed E-state index contributed by atoms with van der Waals surface area (Å²) in [5, 5.41) is 0.251. The summed E-state index contributed by atoms with van der Waals surface area (Å²) in [6, 6.07) is 4.23. The molecule has 0 unspecified atom stereocenters. The normalized spacial score (nSPS) is 13.0. The average molecular weight is 290 g/mol. The number of benzene rings is 1. The van der Waals surface area contributed by atoms with Gasteiger partial charge in [0.1, 0.15) is 11.7 Å². The highest BCUT2D eigenvalue weighted by molar-refractivity contribution is 6.69. The van der Waals surface area contributed by atoms with Crippen LogP contribution in [0.4, 0.5) is 13.2 Å². The summed E-state index contributed by atoms with van der Waals surface area (Å²) in [4.78, 5) is 3.19. The number of aliphatic imine (C=N–C) groups is 1. The Morgan fingerprint density at radius 2 is 1.81 bits per heavy atom. The molecule has 1 aromatic carbocycles. The van der Waals surface area contributed by atoms with Crippen molar-refractivity contribution >= 4 is 40.0 Å². The molecule has 0 aliphatic rings. The van der Waals surface area contributed by atoms with Gasteiger partial charge in [0.05, 0.1) is 10.0 Å². The Morgan fingerprint density at radius 1 is 1.19 bits per heavy atom. The Bertz CT molecular complexity index is 415. The van der Waals surface area contributed by atoms with Crippen LogP contribution in [0.25, 0.3) is 0 Å². The zero-order chi connectivity index (χ0) is 12.3. The summed E-state index contributed by atoms with van der Waals surface area (Å²) in [6.45, 7) is -1.33. The van der Waals surface area contributed by atoms with E-state index in [1.54, 1.807) is 0 Å². The molecule has 0 radical (unpaired) electrons. The minimum atomic E-state index is -4.38. The molecule has 0 aromatic heterocycles. The summed E-state index contributed by atoms with van der Waals surface area (Å²) in [6.07, 6.45) is -4.38. The molecule has 0 bridgehead atoms. The van der Waals surface area contributed by atoms with Crippen molar-refractivity contribution in [3.63, 3.8) is 0 Å². The summed E-state index contributed by atoms with van der Waals surface area (Å²) in [7, 11) is 0. The fourth-order valence-corrected chi connectivity index (χ4v) is 1.35. The van der Waals surface area contributed by atoms with E-state index in [0.29, 0.717) is 10.6 Å². The average Bonchev–Trinajstić information content (AvgIpc) is 2.17. The smallest absolute Gasteiger partial charge is 0.263 e. The Balaban J connectivity index is 2.88. The van der Waals surface area contributed by atoms with Crippen LogP contribution >= 0.6 is 34.8 Å². The van der Waals surface area contributed by atoms with Gasteiger partial charge < -0.3 is 0 Å². The zero-order valence-electron chi connectivity index (χ0n) is 7.65. The SMILES string of the molecule is FC(F)(F)CN=C(Cl)c1ccc(Cl)c(Cl)c1. The molecule has 0 spiro atoms. The van der Waals surface area contributed by atoms with Crippen molar-refractivity contribution < 1.29 is 13.2 Å². The predicted molar refractivity (Wildman–Crippen MR) is 59.8 cm³/mol. The predicted octanol–water partition coefficient (Wildman–Crippen LogP) is 4.54. The third kappa shape index (κ3) is 4.20. The number of hydrogen-bond acceptors (Lipinski definition) is 1. The Kier molecular flexibility index (Phi) is 4.47. The summed E-state index contributed by atoms with van der Waals surface area (Å²) in [5.74, 6) is 0. The minimum absolute atomic E-state index is 0.208. The van der Waals surface area contributed by atoms with Crippen LogP contribution in [0.5, 0.6) is 0 Å². The molecule has 1 aromatic rings. The Morgan fingerprint density at radius 3 is 2.31 bits per heavy atom. The van der Waals surface area contributed by atoms with Crippen LogP contribution in [0.2, 0.25) is 10.0 Å². The van der Waals surface area contributed by atoms with E-state index in [9.17, 15) is 13.2 Å². The summed E-state index contributed by atoms with van der Waals surface area (Å²) in [5.41, 5.74) is 0.292. The first-order valence-electron chi connectivity index (χ1n) is 4.02. The molecule has 88 valence electrons. The fraction of sp³-hybridized carbons (Fsp3) is 0.222. The lowest BCUT2D eigenvalue weighted by Gasteiger charge is -2.04. The van der Waals surface area contributed by atoms with Crippen LogP contribution < -0.4 is 0 Å². The van der Waals surface area contributed by atoms with E-state index in [1.807, 2.05) is 0 Å². The van der Waals surface area contributed by atoms with Crippen LogP contribution in [0.3, 0.4) is 0 Å². The highest BCUT2D eigenvalue weighted by Crippen LogP contribution is 2.24. The fourth-order valence-electron chi connectivity index (χ4n) is 0.875. The molecule has 0 fully saturated rings. The van der Waals surface area contributed by atoms with Crippen molar-refractivity contribution in [2.24, 2.45) is 4.99 Å². The van der Waals surface area contributed by atoms with Crippen molar-refractivity contribution in [3.8, 4) is 0 Å². The second kappa shape index (κ2) is 5.25. The summed E-state index contributed by atoms with van der Waals surface area (Å²) >= 11 is 16.9. The third-order valence-corrected chi connectivity index (χ3v) is 2.63. The van der Waals surface area contributed by atoms with Gasteiger partial charge in [0.15, 0.2) is 0 Å². The number of rotatable bonds is 2. The van der Waals surface area contributed by atoms with Crippen molar-refractivity contribution in [3.05, 3.63) is 33.8 Å². The maximum Gasteiger partial charge on any atom is 0.408 e. The molecule has 0 heterocycles. The molecule has 0 saturated carbocycles. The zero-order valence-corrected chi connectivity index (χ0v) is 9.92. The maximum absolute atomic E-state index is 11.9. The molecular formula is C9H5Cl3F3N. The Labute approximate surface area is 105 Å². The van der Waals surface area contributed by atoms with Gasteiger partial charge in [-0.15, -0.1) is 0 Å². The molecule has 16 heavy (non-hydrogen) atoms.